The van der Waals surface area contributed by atoms with Crippen LogP contribution in [0, 0.1) is 12.8 Å². The zero-order valence-corrected chi connectivity index (χ0v) is 17.7. The molecule has 0 aliphatic rings. The van der Waals surface area contributed by atoms with E-state index < -0.39 is 0 Å². The number of aryl methyl sites for hydroxylation is 1. The van der Waals surface area contributed by atoms with E-state index in [1.807, 2.05) is 19.9 Å². The zero-order chi connectivity index (χ0) is 20.0. The highest BCUT2D eigenvalue weighted by Gasteiger charge is 2.16. The minimum absolute atomic E-state index is 0.0327. The van der Waals surface area contributed by atoms with E-state index in [2.05, 4.69) is 74.3 Å². The lowest BCUT2D eigenvalue weighted by Gasteiger charge is -2.22. The van der Waals surface area contributed by atoms with Crippen molar-refractivity contribution in [2.24, 2.45) is 5.92 Å². The van der Waals surface area contributed by atoms with Crippen LogP contribution in [0.25, 0.3) is 0 Å². The molecule has 3 heteroatoms. The molecule has 146 valence electrons. The van der Waals surface area contributed by atoms with Crippen LogP contribution in [0.3, 0.4) is 0 Å². The van der Waals surface area contributed by atoms with Crippen LogP contribution in [0.1, 0.15) is 57.2 Å². The number of nitrogens with one attached hydrogen (secondary N) is 1. The first-order valence-electron chi connectivity index (χ1n) is 10.1. The van der Waals surface area contributed by atoms with Crippen molar-refractivity contribution in [3.63, 3.8) is 0 Å². The van der Waals surface area contributed by atoms with Gasteiger partial charge in [-0.05, 0) is 74.9 Å². The third-order valence-corrected chi connectivity index (χ3v) is 5.11. The number of benzene rings is 2. The third kappa shape index (κ3) is 5.59. The number of nitrogens with zero attached hydrogens (tertiary/aromatic N) is 1. The minimum atomic E-state index is -0.181. The van der Waals surface area contributed by atoms with Crippen molar-refractivity contribution in [3.8, 4) is 0 Å². The average molecular weight is 367 g/mol. The largest absolute Gasteiger partial charge is 0.372 e. The maximum Gasteiger partial charge on any atom is 0.231 e. The van der Waals surface area contributed by atoms with Gasteiger partial charge >= 0.3 is 0 Å². The molecule has 3 nitrogen and oxygen atoms in total. The summed E-state index contributed by atoms with van der Waals surface area (Å²) in [5.74, 6) is 0.490. The topological polar surface area (TPSA) is 32.3 Å². The van der Waals surface area contributed by atoms with Crippen molar-refractivity contribution in [1.29, 1.82) is 0 Å². The minimum Gasteiger partial charge on any atom is -0.372 e. The summed E-state index contributed by atoms with van der Waals surface area (Å²) < 4.78 is 0. The lowest BCUT2D eigenvalue weighted by atomic mass is 9.96. The van der Waals surface area contributed by atoms with Gasteiger partial charge in [0.05, 0.1) is 5.92 Å². The van der Waals surface area contributed by atoms with Crippen molar-refractivity contribution < 1.29 is 4.79 Å². The van der Waals surface area contributed by atoms with Gasteiger partial charge in [0, 0.05) is 24.5 Å². The molecule has 2 aromatic rings. The molecular weight excluding hydrogens is 332 g/mol. The van der Waals surface area contributed by atoms with E-state index in [0.29, 0.717) is 5.92 Å². The summed E-state index contributed by atoms with van der Waals surface area (Å²) in [5.41, 5.74) is 5.55. The fourth-order valence-corrected chi connectivity index (χ4v) is 3.38. The predicted molar refractivity (Wildman–Crippen MR) is 117 cm³/mol. The Kier molecular flexibility index (Phi) is 7.46. The molecule has 0 fully saturated rings. The molecule has 0 saturated carbocycles. The summed E-state index contributed by atoms with van der Waals surface area (Å²) in [7, 11) is 0. The lowest BCUT2D eigenvalue weighted by molar-refractivity contribution is -0.117. The van der Waals surface area contributed by atoms with E-state index in [1.165, 1.54) is 11.3 Å². The number of carbonyl (C=O) groups is 1. The van der Waals surface area contributed by atoms with E-state index in [4.69, 9.17) is 0 Å². The highest BCUT2D eigenvalue weighted by atomic mass is 16.1. The molecule has 0 aliphatic heterocycles. The summed E-state index contributed by atoms with van der Waals surface area (Å²) >= 11 is 0. The van der Waals surface area contributed by atoms with Crippen molar-refractivity contribution in [1.82, 2.24) is 0 Å². The summed E-state index contributed by atoms with van der Waals surface area (Å²) in [6, 6.07) is 14.7. The smallest absolute Gasteiger partial charge is 0.231 e. The van der Waals surface area contributed by atoms with E-state index >= 15 is 0 Å². The quantitative estimate of drug-likeness (QED) is 0.642. The summed E-state index contributed by atoms with van der Waals surface area (Å²) in [4.78, 5) is 15.0. The molecule has 0 radical (unpaired) electrons. The van der Waals surface area contributed by atoms with Gasteiger partial charge in [-0.3, -0.25) is 4.79 Å². The Morgan fingerprint density at radius 3 is 2.15 bits per heavy atom. The van der Waals surface area contributed by atoms with E-state index in [-0.39, 0.29) is 11.8 Å². The van der Waals surface area contributed by atoms with Gasteiger partial charge in [-0.15, -0.1) is 0 Å². The second-order valence-electron chi connectivity index (χ2n) is 7.72. The molecule has 0 unspecified atom stereocenters. The Morgan fingerprint density at radius 1 is 1.00 bits per heavy atom. The number of amides is 1. The van der Waals surface area contributed by atoms with Gasteiger partial charge in [0.25, 0.3) is 0 Å². The van der Waals surface area contributed by atoms with Crippen LogP contribution in [0.4, 0.5) is 11.4 Å². The molecule has 0 saturated heterocycles. The molecule has 0 heterocycles. The zero-order valence-electron chi connectivity index (χ0n) is 17.7. The van der Waals surface area contributed by atoms with Crippen molar-refractivity contribution in [2.75, 3.05) is 23.3 Å². The molecule has 1 atom stereocenters. The highest BCUT2D eigenvalue weighted by Crippen LogP contribution is 2.25. The second kappa shape index (κ2) is 9.59. The first-order valence-corrected chi connectivity index (χ1v) is 10.1. The van der Waals surface area contributed by atoms with Crippen LogP contribution in [0.5, 0.6) is 0 Å². The number of anilines is 2. The average Bonchev–Trinajstić information content (AvgIpc) is 2.64. The molecule has 27 heavy (non-hydrogen) atoms. The van der Waals surface area contributed by atoms with Gasteiger partial charge < -0.3 is 10.2 Å². The van der Waals surface area contributed by atoms with Gasteiger partial charge in [0.15, 0.2) is 0 Å². The van der Waals surface area contributed by atoms with Crippen LogP contribution in [-0.4, -0.2) is 19.0 Å². The molecule has 1 amide bonds. The molecule has 2 rings (SSSR count). The highest BCUT2D eigenvalue weighted by molar-refractivity contribution is 5.96. The molecule has 1 N–H and O–H groups in total. The van der Waals surface area contributed by atoms with Crippen LogP contribution >= 0.6 is 0 Å². The number of hydrogen-bond acceptors (Lipinski definition) is 2. The maximum atomic E-state index is 12.7. The van der Waals surface area contributed by atoms with Crippen molar-refractivity contribution in [3.05, 3.63) is 59.2 Å². The van der Waals surface area contributed by atoms with Crippen LogP contribution in [0.15, 0.2) is 42.5 Å². The summed E-state index contributed by atoms with van der Waals surface area (Å²) in [5, 5.41) is 3.10. The fraction of sp³-hybridized carbons (Fsp3) is 0.458. The third-order valence-electron chi connectivity index (χ3n) is 5.11. The van der Waals surface area contributed by atoms with E-state index in [1.54, 1.807) is 0 Å². The fourth-order valence-electron chi connectivity index (χ4n) is 3.38. The second-order valence-corrected chi connectivity index (χ2v) is 7.72. The monoisotopic (exact) mass is 366 g/mol. The van der Waals surface area contributed by atoms with Gasteiger partial charge in [-0.2, -0.15) is 0 Å². The Hall–Kier alpha value is -2.29. The Bertz CT molecular complexity index is 745. The summed E-state index contributed by atoms with van der Waals surface area (Å²) in [6.07, 6.45) is 1.07. The van der Waals surface area contributed by atoms with Gasteiger partial charge in [0.2, 0.25) is 5.91 Å². The number of hydrogen-bond donors (Lipinski definition) is 1. The first kappa shape index (κ1) is 21.0. The van der Waals surface area contributed by atoms with Crippen LogP contribution in [-0.2, 0) is 11.2 Å². The van der Waals surface area contributed by atoms with Gasteiger partial charge in [0.1, 0.15) is 0 Å². The molecule has 2 aromatic carbocycles. The van der Waals surface area contributed by atoms with Crippen molar-refractivity contribution >= 4 is 17.3 Å². The molecule has 0 aromatic heterocycles. The molecule has 0 bridgehead atoms. The maximum absolute atomic E-state index is 12.7. The normalized spacial score (nSPS) is 12.1. The standard InChI is InChI=1S/C24H34N2O/c1-7-26(8-2)22-13-14-23(18(5)16-22)25-24(27)19(6)21-11-9-20(10-12-21)15-17(3)4/h9-14,16-17,19H,7-8,15H2,1-6H3,(H,25,27)/t19-/m1/s1. The molecular formula is C24H34N2O. The first-order chi connectivity index (χ1) is 12.8. The van der Waals surface area contributed by atoms with Gasteiger partial charge in [-0.1, -0.05) is 38.1 Å². The van der Waals surface area contributed by atoms with Gasteiger partial charge in [-0.25, -0.2) is 0 Å². The number of rotatable bonds is 8. The van der Waals surface area contributed by atoms with Crippen molar-refractivity contribution in [2.45, 2.75) is 53.9 Å². The molecule has 0 spiro atoms. The lowest BCUT2D eigenvalue weighted by Crippen LogP contribution is -2.22. The van der Waals surface area contributed by atoms with Crippen LogP contribution in [0.2, 0.25) is 0 Å². The van der Waals surface area contributed by atoms with Crippen LogP contribution < -0.4 is 10.2 Å². The molecule has 0 aliphatic carbocycles. The Labute approximate surface area is 164 Å². The Balaban J connectivity index is 2.07. The van der Waals surface area contributed by atoms with E-state index in [9.17, 15) is 4.79 Å². The van der Waals surface area contributed by atoms with E-state index in [0.717, 1.165) is 36.3 Å². The Morgan fingerprint density at radius 2 is 1.63 bits per heavy atom. The SMILES string of the molecule is CCN(CC)c1ccc(NC(=O)[C@H](C)c2ccc(CC(C)C)cc2)c(C)c1. The predicted octanol–water partition coefficient (Wildman–Crippen LogP) is 5.78. The number of carbonyl (C=O) groups excluding carboxylic acids is 1. The summed E-state index contributed by atoms with van der Waals surface area (Å²) in [6.45, 7) is 14.7.